The number of hydrogen-bond acceptors (Lipinski definition) is 3. The summed E-state index contributed by atoms with van der Waals surface area (Å²) in [7, 11) is 0. The van der Waals surface area contributed by atoms with Gasteiger partial charge < -0.3 is 0 Å². The van der Waals surface area contributed by atoms with Gasteiger partial charge >= 0.3 is 0 Å². The molecule has 230 valence electrons. The summed E-state index contributed by atoms with van der Waals surface area (Å²) >= 11 is 0. The average molecular weight is 618 g/mol. The molecule has 0 amide bonds. The maximum Gasteiger partial charge on any atom is 0.0991 e. The van der Waals surface area contributed by atoms with Crippen LogP contribution in [0.1, 0.15) is 48.8 Å². The highest BCUT2D eigenvalue weighted by Gasteiger charge is 2.61. The molecule has 4 aromatic carbocycles. The monoisotopic (exact) mass is 617 g/mol. The lowest BCUT2D eigenvalue weighted by Crippen LogP contribution is -2.55. The maximum atomic E-state index is 9.94. The molecule has 2 aromatic heterocycles. The van der Waals surface area contributed by atoms with Crippen LogP contribution in [-0.2, 0) is 5.41 Å². The van der Waals surface area contributed by atoms with Gasteiger partial charge in [-0.15, -0.1) is 0 Å². The van der Waals surface area contributed by atoms with Gasteiger partial charge in [0, 0.05) is 40.1 Å². The third-order valence-corrected chi connectivity index (χ3v) is 12.1. The van der Waals surface area contributed by atoms with Crippen molar-refractivity contribution in [3.05, 3.63) is 144 Å². The van der Waals surface area contributed by atoms with E-state index in [-0.39, 0.29) is 5.41 Å². The van der Waals surface area contributed by atoms with E-state index in [0.29, 0.717) is 11.8 Å². The molecule has 4 fully saturated rings. The van der Waals surface area contributed by atoms with E-state index >= 15 is 0 Å². The van der Waals surface area contributed by atoms with Crippen LogP contribution < -0.4 is 0 Å². The van der Waals surface area contributed by atoms with Gasteiger partial charge in [-0.1, -0.05) is 78.9 Å². The summed E-state index contributed by atoms with van der Waals surface area (Å²) in [5, 5.41) is 9.94. The Hall–Kier alpha value is -5.33. The summed E-state index contributed by atoms with van der Waals surface area (Å²) in [6.07, 6.45) is 10.7. The van der Waals surface area contributed by atoms with E-state index in [2.05, 4.69) is 103 Å². The van der Waals surface area contributed by atoms with Gasteiger partial charge in [0.15, 0.2) is 0 Å². The molecule has 5 aliphatic carbocycles. The lowest BCUT2D eigenvalue weighted by molar-refractivity contribution is -0.0399. The van der Waals surface area contributed by atoms with E-state index in [9.17, 15) is 5.26 Å². The van der Waals surface area contributed by atoms with Crippen LogP contribution >= 0.6 is 0 Å². The van der Waals surface area contributed by atoms with Crippen molar-refractivity contribution in [1.29, 1.82) is 5.26 Å². The Morgan fingerprint density at radius 2 is 1.08 bits per heavy atom. The van der Waals surface area contributed by atoms with Crippen molar-refractivity contribution in [2.75, 3.05) is 0 Å². The minimum absolute atomic E-state index is 0.00622. The highest BCUT2D eigenvalue weighted by Crippen LogP contribution is 2.69. The van der Waals surface area contributed by atoms with Crippen LogP contribution in [0.25, 0.3) is 55.9 Å². The molecule has 4 bridgehead atoms. The molecule has 0 aliphatic heterocycles. The third kappa shape index (κ3) is 4.12. The number of nitriles is 1. The van der Waals surface area contributed by atoms with E-state index in [1.165, 1.54) is 59.9 Å². The van der Waals surface area contributed by atoms with Crippen LogP contribution in [0.3, 0.4) is 0 Å². The minimum Gasteiger partial charge on any atom is -0.263 e. The predicted octanol–water partition coefficient (Wildman–Crippen LogP) is 10.7. The molecule has 0 unspecified atom stereocenters. The van der Waals surface area contributed by atoms with E-state index in [1.807, 2.05) is 30.6 Å². The molecule has 0 radical (unpaired) electrons. The normalized spacial score (nSPS) is 24.3. The van der Waals surface area contributed by atoms with Crippen LogP contribution in [0, 0.1) is 35.0 Å². The smallest absolute Gasteiger partial charge is 0.0991 e. The second-order valence-electron chi connectivity index (χ2n) is 14.6. The maximum absolute atomic E-state index is 9.94. The second kappa shape index (κ2) is 10.6. The molecule has 0 saturated heterocycles. The first-order chi connectivity index (χ1) is 23.7. The van der Waals surface area contributed by atoms with Gasteiger partial charge in [0.1, 0.15) is 0 Å². The number of rotatable bonds is 4. The molecule has 3 heteroatoms. The molecule has 5 aliphatic rings. The summed E-state index contributed by atoms with van der Waals surface area (Å²) in [6.45, 7) is 0. The molecule has 3 nitrogen and oxygen atoms in total. The second-order valence-corrected chi connectivity index (χ2v) is 14.6. The van der Waals surface area contributed by atoms with Crippen molar-refractivity contribution in [2.45, 2.75) is 37.5 Å². The Morgan fingerprint density at radius 3 is 1.69 bits per heavy atom. The number of hydrogen-bond donors (Lipinski definition) is 0. The molecule has 6 aromatic rings. The highest BCUT2D eigenvalue weighted by molar-refractivity contribution is 5.86. The van der Waals surface area contributed by atoms with Gasteiger partial charge in [0.25, 0.3) is 0 Å². The summed E-state index contributed by atoms with van der Waals surface area (Å²) in [4.78, 5) is 9.91. The van der Waals surface area contributed by atoms with Crippen LogP contribution in [0.2, 0.25) is 0 Å². The van der Waals surface area contributed by atoms with E-state index in [4.69, 9.17) is 9.97 Å². The summed E-state index contributed by atoms with van der Waals surface area (Å²) in [5.41, 5.74) is 15.0. The Labute approximate surface area is 282 Å². The molecule has 1 spiro atoms. The predicted molar refractivity (Wildman–Crippen MR) is 192 cm³/mol. The van der Waals surface area contributed by atoms with Crippen molar-refractivity contribution >= 4 is 0 Å². The van der Waals surface area contributed by atoms with Crippen molar-refractivity contribution in [2.24, 2.45) is 23.7 Å². The standard InChI is InChI=1S/C45H35N3/c46-25-28-11-13-39-40-14-12-33(22-42(40)45(41(39)20-28)37-16-29-15-30(18-37)19-38(45)17-29)35-21-36(27-47-26-35)34-23-43(31-7-3-1-4-8-31)48-44(24-34)32-9-5-2-6-10-32/h1-14,20-24,26-27,29-30,37-38H,15-19H2. The lowest BCUT2D eigenvalue weighted by Gasteiger charge is -2.61. The molecular formula is C45H35N3. The molecule has 0 N–H and O–H groups in total. The highest BCUT2D eigenvalue weighted by atomic mass is 14.7. The first-order valence-electron chi connectivity index (χ1n) is 17.5. The Kier molecular flexibility index (Phi) is 6.12. The summed E-state index contributed by atoms with van der Waals surface area (Å²) < 4.78 is 0. The van der Waals surface area contributed by atoms with Crippen LogP contribution in [-0.4, -0.2) is 9.97 Å². The van der Waals surface area contributed by atoms with Gasteiger partial charge in [0.05, 0.1) is 23.0 Å². The number of aromatic nitrogens is 2. The summed E-state index contributed by atoms with van der Waals surface area (Å²) in [5.74, 6) is 3.03. The van der Waals surface area contributed by atoms with Gasteiger partial charge in [0.2, 0.25) is 0 Å². The van der Waals surface area contributed by atoms with Crippen molar-refractivity contribution < 1.29 is 0 Å². The zero-order valence-electron chi connectivity index (χ0n) is 26.8. The molecule has 48 heavy (non-hydrogen) atoms. The topological polar surface area (TPSA) is 49.6 Å². The van der Waals surface area contributed by atoms with Gasteiger partial charge in [-0.05, 0) is 126 Å². The van der Waals surface area contributed by atoms with E-state index in [1.54, 1.807) is 0 Å². The Morgan fingerprint density at radius 1 is 0.521 bits per heavy atom. The SMILES string of the molecule is N#Cc1ccc2c(c1)C1(c3cc(-c4cncc(-c5cc(-c6ccccc6)nc(-c6ccccc6)c5)c4)ccc3-2)C2CC3CC(C2)CC1C3. The van der Waals surface area contributed by atoms with Crippen molar-refractivity contribution in [3.63, 3.8) is 0 Å². The number of benzene rings is 4. The molecule has 2 heterocycles. The minimum atomic E-state index is 0.00622. The fourth-order valence-electron chi connectivity index (χ4n) is 10.4. The van der Waals surface area contributed by atoms with Gasteiger partial charge in [-0.3, -0.25) is 4.98 Å². The van der Waals surface area contributed by atoms with Gasteiger partial charge in [-0.25, -0.2) is 4.98 Å². The third-order valence-electron chi connectivity index (χ3n) is 12.1. The quantitative estimate of drug-likeness (QED) is 0.198. The average Bonchev–Trinajstić information content (AvgIpc) is 3.43. The molecular weight excluding hydrogens is 583 g/mol. The molecule has 11 rings (SSSR count). The largest absolute Gasteiger partial charge is 0.263 e. The first kappa shape index (κ1) is 27.8. The van der Waals surface area contributed by atoms with E-state index < -0.39 is 0 Å². The van der Waals surface area contributed by atoms with Crippen molar-refractivity contribution in [3.8, 4) is 62.0 Å². The van der Waals surface area contributed by atoms with Gasteiger partial charge in [-0.2, -0.15) is 5.26 Å². The molecule has 0 atom stereocenters. The zero-order chi connectivity index (χ0) is 31.8. The number of fused-ring (bicyclic) bond motifs is 3. The fourth-order valence-corrected chi connectivity index (χ4v) is 10.4. The van der Waals surface area contributed by atoms with Crippen LogP contribution in [0.15, 0.2) is 128 Å². The fraction of sp³-hybridized carbons (Fsp3) is 0.222. The lowest BCUT2D eigenvalue weighted by atomic mass is 9.43. The summed E-state index contributed by atoms with van der Waals surface area (Å²) in [6, 6.07) is 43.6. The van der Waals surface area contributed by atoms with Crippen LogP contribution in [0.5, 0.6) is 0 Å². The van der Waals surface area contributed by atoms with Crippen molar-refractivity contribution in [1.82, 2.24) is 9.97 Å². The Balaban J connectivity index is 1.11. The van der Waals surface area contributed by atoms with Crippen LogP contribution in [0.4, 0.5) is 0 Å². The zero-order valence-corrected chi connectivity index (χ0v) is 26.8. The number of nitrogens with zero attached hydrogens (tertiary/aromatic N) is 3. The Bertz CT molecular complexity index is 2180. The number of pyridine rings is 2. The van der Waals surface area contributed by atoms with E-state index in [0.717, 1.165) is 56.6 Å². The molecule has 4 saturated carbocycles. The first-order valence-corrected chi connectivity index (χ1v) is 17.5.